The molecular weight excluding hydrogens is 456 g/mol. The second kappa shape index (κ2) is 14.3. The molecule has 0 spiro atoms. The van der Waals surface area contributed by atoms with E-state index in [4.69, 9.17) is 19.9 Å². The fraction of sp³-hybridized carbons (Fsp3) is 0.769. The van der Waals surface area contributed by atoms with E-state index in [-0.39, 0.29) is 13.2 Å². The second-order valence-corrected chi connectivity index (χ2v) is 9.96. The zero-order chi connectivity index (χ0) is 25.0. The third-order valence-corrected chi connectivity index (χ3v) is 7.11. The Bertz CT molecular complexity index is 849. The van der Waals surface area contributed by atoms with Crippen LogP contribution in [0.2, 0.25) is 0 Å². The summed E-state index contributed by atoms with van der Waals surface area (Å²) in [5, 5.41) is 25.3. The van der Waals surface area contributed by atoms with E-state index in [2.05, 4.69) is 20.4 Å². The topological polar surface area (TPSA) is 123 Å². The summed E-state index contributed by atoms with van der Waals surface area (Å²) >= 11 is 0. The minimum Gasteiger partial charge on any atom is -0.395 e. The summed E-state index contributed by atoms with van der Waals surface area (Å²) in [7, 11) is 0. The van der Waals surface area contributed by atoms with Crippen molar-refractivity contribution in [3.63, 3.8) is 0 Å². The van der Waals surface area contributed by atoms with Gasteiger partial charge in [0.15, 0.2) is 11.6 Å². The van der Waals surface area contributed by atoms with E-state index in [1.165, 1.54) is 51.4 Å². The number of nitrogens with zero attached hydrogens (tertiary/aromatic N) is 6. The van der Waals surface area contributed by atoms with E-state index in [9.17, 15) is 10.2 Å². The molecule has 0 atom stereocenters. The Kier molecular flexibility index (Phi) is 10.6. The second-order valence-electron chi connectivity index (χ2n) is 9.96. The molecule has 2 aliphatic heterocycles. The highest BCUT2D eigenvalue weighted by atomic mass is 16.3. The van der Waals surface area contributed by atoms with Crippen molar-refractivity contribution in [3.8, 4) is 0 Å². The molecule has 0 unspecified atom stereocenters. The van der Waals surface area contributed by atoms with Gasteiger partial charge in [-0.25, -0.2) is 9.97 Å². The van der Waals surface area contributed by atoms with Gasteiger partial charge in [0.2, 0.25) is 11.9 Å². The molecule has 2 aromatic rings. The van der Waals surface area contributed by atoms with Crippen LogP contribution in [-0.4, -0.2) is 82.6 Å². The average molecular weight is 501 g/mol. The molecule has 2 aromatic heterocycles. The van der Waals surface area contributed by atoms with Gasteiger partial charge < -0.3 is 30.6 Å². The third-order valence-electron chi connectivity index (χ3n) is 7.11. The first-order valence-electron chi connectivity index (χ1n) is 14.1. The Labute approximate surface area is 214 Å². The molecule has 4 rings (SSSR count). The average Bonchev–Trinajstić information content (AvgIpc) is 3.13. The minimum atomic E-state index is 0.0138. The first-order chi connectivity index (χ1) is 17.8. The van der Waals surface area contributed by atoms with Crippen LogP contribution in [0.4, 0.5) is 23.5 Å². The van der Waals surface area contributed by atoms with Crippen molar-refractivity contribution in [2.24, 2.45) is 0 Å². The molecule has 10 nitrogen and oxygen atoms in total. The van der Waals surface area contributed by atoms with Crippen LogP contribution in [0.25, 0.3) is 11.0 Å². The molecule has 0 radical (unpaired) electrons. The lowest BCUT2D eigenvalue weighted by Gasteiger charge is -2.27. The third kappa shape index (κ3) is 7.29. The quantitative estimate of drug-likeness (QED) is 0.428. The van der Waals surface area contributed by atoms with Crippen LogP contribution in [0, 0.1) is 0 Å². The molecule has 0 aromatic carbocycles. The minimum absolute atomic E-state index is 0.0138. The summed E-state index contributed by atoms with van der Waals surface area (Å²) < 4.78 is 0. The SMILES string of the molecule is OCCNc1nc(N2CCCCCCCC2)c2nc(NCCO)nc(N3CCCCCCCC3)c2n1. The molecule has 0 amide bonds. The van der Waals surface area contributed by atoms with E-state index in [1.807, 2.05) is 0 Å². The zero-order valence-electron chi connectivity index (χ0n) is 21.7. The lowest BCUT2D eigenvalue weighted by Crippen LogP contribution is -2.29. The van der Waals surface area contributed by atoms with E-state index < -0.39 is 0 Å². The fourth-order valence-corrected chi connectivity index (χ4v) is 5.19. The maximum Gasteiger partial charge on any atom is 0.225 e. The van der Waals surface area contributed by atoms with Gasteiger partial charge in [-0.2, -0.15) is 9.97 Å². The van der Waals surface area contributed by atoms with E-state index in [0.717, 1.165) is 74.5 Å². The van der Waals surface area contributed by atoms with Crippen molar-refractivity contribution >= 4 is 34.6 Å². The van der Waals surface area contributed by atoms with Crippen molar-refractivity contribution in [1.29, 1.82) is 0 Å². The molecule has 0 bridgehead atoms. The predicted octanol–water partition coefficient (Wildman–Crippen LogP) is 3.55. The summed E-state index contributed by atoms with van der Waals surface area (Å²) in [6.07, 6.45) is 14.6. The van der Waals surface area contributed by atoms with Crippen molar-refractivity contribution in [1.82, 2.24) is 19.9 Å². The molecule has 2 aliphatic rings. The Hall–Kier alpha value is -2.46. The molecular formula is C26H44N8O2. The number of fused-ring (bicyclic) bond motifs is 1. The Balaban J connectivity index is 1.83. The van der Waals surface area contributed by atoms with Gasteiger partial charge in [0.25, 0.3) is 0 Å². The van der Waals surface area contributed by atoms with E-state index >= 15 is 0 Å². The van der Waals surface area contributed by atoms with Crippen LogP contribution >= 0.6 is 0 Å². The lowest BCUT2D eigenvalue weighted by molar-refractivity contribution is 0.310. The van der Waals surface area contributed by atoms with Gasteiger partial charge in [0, 0.05) is 39.3 Å². The highest BCUT2D eigenvalue weighted by molar-refractivity contribution is 5.95. The van der Waals surface area contributed by atoms with E-state index in [1.54, 1.807) is 0 Å². The smallest absolute Gasteiger partial charge is 0.225 e. The van der Waals surface area contributed by atoms with Crippen LogP contribution in [0.3, 0.4) is 0 Å². The number of hydrogen-bond acceptors (Lipinski definition) is 10. The van der Waals surface area contributed by atoms with Gasteiger partial charge in [-0.3, -0.25) is 0 Å². The number of rotatable bonds is 8. The van der Waals surface area contributed by atoms with Crippen LogP contribution in [0.1, 0.15) is 77.0 Å². The molecule has 2 saturated heterocycles. The summed E-state index contributed by atoms with van der Waals surface area (Å²) in [6.45, 7) is 4.56. The number of aliphatic hydroxyl groups is 2. The normalized spacial score (nSPS) is 18.5. The molecule has 10 heteroatoms. The summed E-state index contributed by atoms with van der Waals surface area (Å²) in [4.78, 5) is 24.4. The van der Waals surface area contributed by atoms with Gasteiger partial charge >= 0.3 is 0 Å². The van der Waals surface area contributed by atoms with Crippen molar-refractivity contribution in [3.05, 3.63) is 0 Å². The summed E-state index contributed by atoms with van der Waals surface area (Å²) in [5.41, 5.74) is 1.52. The van der Waals surface area contributed by atoms with E-state index in [0.29, 0.717) is 25.0 Å². The summed E-state index contributed by atoms with van der Waals surface area (Å²) in [6, 6.07) is 0. The van der Waals surface area contributed by atoms with Crippen LogP contribution in [-0.2, 0) is 0 Å². The molecule has 4 N–H and O–H groups in total. The highest BCUT2D eigenvalue weighted by Crippen LogP contribution is 2.32. The summed E-state index contributed by atoms with van der Waals surface area (Å²) in [5.74, 6) is 2.69. The van der Waals surface area contributed by atoms with Gasteiger partial charge in [0.1, 0.15) is 11.0 Å². The predicted molar refractivity (Wildman–Crippen MR) is 146 cm³/mol. The molecule has 0 saturated carbocycles. The Morgan fingerprint density at radius 3 is 1.17 bits per heavy atom. The monoisotopic (exact) mass is 500 g/mol. The lowest BCUT2D eigenvalue weighted by atomic mass is 10.1. The van der Waals surface area contributed by atoms with Crippen LogP contribution in [0.15, 0.2) is 0 Å². The number of anilines is 4. The van der Waals surface area contributed by atoms with Gasteiger partial charge in [-0.15, -0.1) is 0 Å². The van der Waals surface area contributed by atoms with Gasteiger partial charge in [-0.05, 0) is 25.7 Å². The molecule has 0 aliphatic carbocycles. The first-order valence-corrected chi connectivity index (χ1v) is 14.1. The van der Waals surface area contributed by atoms with Crippen LogP contribution < -0.4 is 20.4 Å². The standard InChI is InChI=1S/C26H44N8O2/c35-19-13-27-25-30-22-21(23(31-25)33-15-9-5-1-2-6-10-16-33)29-26(28-14-20-36)32-24(22)34-17-11-7-3-4-8-12-18-34/h35-36H,1-20H2,(H,27,30,31)(H,28,29,32). The fourth-order valence-electron chi connectivity index (χ4n) is 5.19. The van der Waals surface area contributed by atoms with Crippen LogP contribution in [0.5, 0.6) is 0 Å². The molecule has 4 heterocycles. The zero-order valence-corrected chi connectivity index (χ0v) is 21.7. The van der Waals surface area contributed by atoms with Gasteiger partial charge in [-0.1, -0.05) is 51.4 Å². The number of aliphatic hydroxyl groups excluding tert-OH is 2. The first kappa shape index (κ1) is 26.6. The molecule has 36 heavy (non-hydrogen) atoms. The highest BCUT2D eigenvalue weighted by Gasteiger charge is 2.23. The largest absolute Gasteiger partial charge is 0.395 e. The Morgan fingerprint density at radius 1 is 0.500 bits per heavy atom. The maximum absolute atomic E-state index is 9.43. The van der Waals surface area contributed by atoms with Crippen molar-refractivity contribution in [2.75, 3.05) is 72.9 Å². The number of hydrogen-bond donors (Lipinski definition) is 4. The number of aromatic nitrogens is 4. The van der Waals surface area contributed by atoms with Crippen molar-refractivity contribution in [2.45, 2.75) is 77.0 Å². The van der Waals surface area contributed by atoms with Gasteiger partial charge in [0.05, 0.1) is 13.2 Å². The maximum atomic E-state index is 9.43. The molecule has 2 fully saturated rings. The molecule has 200 valence electrons. The van der Waals surface area contributed by atoms with Crippen molar-refractivity contribution < 1.29 is 10.2 Å². The Morgan fingerprint density at radius 2 is 0.833 bits per heavy atom. The number of nitrogens with one attached hydrogen (secondary N) is 2.